The van der Waals surface area contributed by atoms with Crippen molar-refractivity contribution in [3.8, 4) is 0 Å². The first-order chi connectivity index (χ1) is 9.35. The summed E-state index contributed by atoms with van der Waals surface area (Å²) < 4.78 is 0. The molecule has 0 radical (unpaired) electrons. The van der Waals surface area contributed by atoms with E-state index in [2.05, 4.69) is 31.1 Å². The Labute approximate surface area is 123 Å². The van der Waals surface area contributed by atoms with Crippen molar-refractivity contribution in [2.75, 3.05) is 12.3 Å². The third-order valence-electron chi connectivity index (χ3n) is 3.73. The van der Waals surface area contributed by atoms with Crippen LogP contribution in [0, 0.1) is 12.3 Å². The van der Waals surface area contributed by atoms with Gasteiger partial charge in [0.25, 0.3) is 5.91 Å². The number of fused-ring (bicyclic) bond motifs is 1. The fraction of sp³-hybridized carbons (Fsp3) is 0.467. The Morgan fingerprint density at radius 1 is 1.50 bits per heavy atom. The summed E-state index contributed by atoms with van der Waals surface area (Å²) in [6, 6.07) is 1.91. The van der Waals surface area contributed by atoms with Crippen LogP contribution in [-0.2, 0) is 0 Å². The maximum atomic E-state index is 12.3. The van der Waals surface area contributed by atoms with Crippen LogP contribution < -0.4 is 11.1 Å². The largest absolute Gasteiger partial charge is 0.397 e. The minimum absolute atomic E-state index is 0.0925. The molecule has 20 heavy (non-hydrogen) atoms. The molecule has 0 saturated carbocycles. The second-order valence-corrected chi connectivity index (χ2v) is 6.85. The smallest absolute Gasteiger partial charge is 0.263 e. The highest BCUT2D eigenvalue weighted by Gasteiger charge is 2.21. The number of hydrogen-bond acceptors (Lipinski definition) is 4. The maximum Gasteiger partial charge on any atom is 0.263 e. The molecule has 108 valence electrons. The second-order valence-electron chi connectivity index (χ2n) is 5.85. The predicted molar refractivity (Wildman–Crippen MR) is 85.2 cm³/mol. The van der Waals surface area contributed by atoms with E-state index in [4.69, 9.17) is 5.73 Å². The predicted octanol–water partition coefficient (Wildman–Crippen LogP) is 3.35. The lowest BCUT2D eigenvalue weighted by Gasteiger charge is -2.22. The summed E-state index contributed by atoms with van der Waals surface area (Å²) >= 11 is 1.36. The molecule has 3 N–H and O–H groups in total. The molecule has 0 atom stereocenters. The van der Waals surface area contributed by atoms with E-state index >= 15 is 0 Å². The summed E-state index contributed by atoms with van der Waals surface area (Å²) in [6.45, 7) is 9.01. The first-order valence-corrected chi connectivity index (χ1v) is 7.59. The zero-order valence-electron chi connectivity index (χ0n) is 12.4. The Kier molecular flexibility index (Phi) is 3.99. The molecule has 0 aliphatic carbocycles. The van der Waals surface area contributed by atoms with Gasteiger partial charge in [-0.05, 0) is 30.4 Å². The van der Waals surface area contributed by atoms with Crippen molar-refractivity contribution in [3.63, 3.8) is 0 Å². The van der Waals surface area contributed by atoms with Gasteiger partial charge in [-0.3, -0.25) is 4.79 Å². The number of nitrogen functional groups attached to an aromatic ring is 1. The van der Waals surface area contributed by atoms with Gasteiger partial charge < -0.3 is 11.1 Å². The van der Waals surface area contributed by atoms with Crippen LogP contribution >= 0.6 is 11.3 Å². The Morgan fingerprint density at radius 2 is 2.20 bits per heavy atom. The van der Waals surface area contributed by atoms with Crippen molar-refractivity contribution in [3.05, 3.63) is 22.7 Å². The van der Waals surface area contributed by atoms with Crippen LogP contribution in [0.5, 0.6) is 0 Å². The van der Waals surface area contributed by atoms with Gasteiger partial charge in [-0.25, -0.2) is 4.98 Å². The van der Waals surface area contributed by atoms with Gasteiger partial charge in [0, 0.05) is 18.1 Å². The average Bonchev–Trinajstić information content (AvgIpc) is 2.75. The number of pyridine rings is 1. The Balaban J connectivity index is 2.27. The highest BCUT2D eigenvalue weighted by molar-refractivity contribution is 7.21. The molecule has 0 aliphatic rings. The highest BCUT2D eigenvalue weighted by atomic mass is 32.1. The van der Waals surface area contributed by atoms with Gasteiger partial charge in [0.1, 0.15) is 9.71 Å². The number of thiophene rings is 1. The Hall–Kier alpha value is -1.62. The summed E-state index contributed by atoms with van der Waals surface area (Å²) in [4.78, 5) is 18.0. The van der Waals surface area contributed by atoms with E-state index in [1.54, 1.807) is 6.20 Å². The second kappa shape index (κ2) is 5.40. The maximum absolute atomic E-state index is 12.3. The van der Waals surface area contributed by atoms with Crippen LogP contribution in [0.1, 0.15) is 42.4 Å². The fourth-order valence-electron chi connectivity index (χ4n) is 1.90. The zero-order valence-corrected chi connectivity index (χ0v) is 13.2. The molecule has 0 bridgehead atoms. The zero-order chi connectivity index (χ0) is 14.9. The summed E-state index contributed by atoms with van der Waals surface area (Å²) in [5.41, 5.74) is 7.81. The third-order valence-corrected chi connectivity index (χ3v) is 4.84. The minimum atomic E-state index is -0.105. The SMILES string of the molecule is CCC(C)(C)CNC(=O)c1sc2nccc(C)c2c1N. The quantitative estimate of drug-likeness (QED) is 0.907. The molecule has 0 unspecified atom stereocenters. The van der Waals surface area contributed by atoms with Gasteiger partial charge >= 0.3 is 0 Å². The number of hydrogen-bond donors (Lipinski definition) is 2. The topological polar surface area (TPSA) is 68.0 Å². The van der Waals surface area contributed by atoms with Crippen LogP contribution in [0.25, 0.3) is 10.2 Å². The van der Waals surface area contributed by atoms with Gasteiger partial charge in [-0.2, -0.15) is 0 Å². The number of carbonyl (C=O) groups is 1. The van der Waals surface area contributed by atoms with Crippen LogP contribution in [0.4, 0.5) is 5.69 Å². The number of carbonyl (C=O) groups excluding carboxylic acids is 1. The lowest BCUT2D eigenvalue weighted by atomic mass is 9.90. The number of nitrogens with zero attached hydrogens (tertiary/aromatic N) is 1. The molecule has 0 aromatic carbocycles. The van der Waals surface area contributed by atoms with Crippen molar-refractivity contribution < 1.29 is 4.79 Å². The van der Waals surface area contributed by atoms with E-state index < -0.39 is 0 Å². The summed E-state index contributed by atoms with van der Waals surface area (Å²) in [5.74, 6) is -0.105. The molecule has 0 aliphatic heterocycles. The summed E-state index contributed by atoms with van der Waals surface area (Å²) in [5, 5.41) is 3.88. The third kappa shape index (κ3) is 2.77. The van der Waals surface area contributed by atoms with E-state index in [-0.39, 0.29) is 11.3 Å². The van der Waals surface area contributed by atoms with E-state index in [0.29, 0.717) is 17.1 Å². The molecular weight excluding hydrogens is 270 g/mol. The van der Waals surface area contributed by atoms with Gasteiger partial charge in [-0.15, -0.1) is 11.3 Å². The first kappa shape index (κ1) is 14.8. The Morgan fingerprint density at radius 3 is 2.80 bits per heavy atom. The van der Waals surface area contributed by atoms with Crippen LogP contribution in [0.3, 0.4) is 0 Å². The molecule has 5 heteroatoms. The number of nitrogens with one attached hydrogen (secondary N) is 1. The van der Waals surface area contributed by atoms with Gasteiger partial charge in [0.05, 0.1) is 5.69 Å². The molecule has 2 aromatic heterocycles. The fourth-order valence-corrected chi connectivity index (χ4v) is 2.95. The van der Waals surface area contributed by atoms with E-state index in [1.807, 2.05) is 13.0 Å². The molecule has 4 nitrogen and oxygen atoms in total. The molecule has 2 heterocycles. The van der Waals surface area contributed by atoms with Crippen molar-refractivity contribution in [2.24, 2.45) is 5.41 Å². The van der Waals surface area contributed by atoms with Gasteiger partial charge in [0.15, 0.2) is 0 Å². The Bertz CT molecular complexity index is 646. The molecule has 0 saturated heterocycles. The average molecular weight is 291 g/mol. The van der Waals surface area contributed by atoms with E-state index in [0.717, 1.165) is 22.2 Å². The summed E-state index contributed by atoms with van der Waals surface area (Å²) in [6.07, 6.45) is 2.76. The molecule has 0 fully saturated rings. The number of rotatable bonds is 4. The van der Waals surface area contributed by atoms with Crippen LogP contribution in [0.15, 0.2) is 12.3 Å². The lowest BCUT2D eigenvalue weighted by Crippen LogP contribution is -2.33. The number of aromatic nitrogens is 1. The summed E-state index contributed by atoms with van der Waals surface area (Å²) in [7, 11) is 0. The number of amides is 1. The molecule has 1 amide bonds. The molecule has 2 aromatic rings. The first-order valence-electron chi connectivity index (χ1n) is 6.77. The van der Waals surface area contributed by atoms with Crippen molar-refractivity contribution in [2.45, 2.75) is 34.1 Å². The van der Waals surface area contributed by atoms with Gasteiger partial charge in [-0.1, -0.05) is 20.8 Å². The van der Waals surface area contributed by atoms with Crippen LogP contribution in [-0.4, -0.2) is 17.4 Å². The lowest BCUT2D eigenvalue weighted by molar-refractivity contribution is 0.0940. The van der Waals surface area contributed by atoms with Crippen molar-refractivity contribution in [1.82, 2.24) is 10.3 Å². The standard InChI is InChI=1S/C15H21N3OS/c1-5-15(3,4)8-18-13(19)12-11(16)10-9(2)6-7-17-14(10)20-12/h6-7H,5,8,16H2,1-4H3,(H,18,19). The number of anilines is 1. The molecular formula is C15H21N3OS. The van der Waals surface area contributed by atoms with Crippen molar-refractivity contribution >= 4 is 33.1 Å². The number of nitrogens with two attached hydrogens (primary N) is 1. The van der Waals surface area contributed by atoms with E-state index in [9.17, 15) is 4.79 Å². The van der Waals surface area contributed by atoms with Crippen LogP contribution in [0.2, 0.25) is 0 Å². The number of aryl methyl sites for hydroxylation is 1. The monoisotopic (exact) mass is 291 g/mol. The molecule has 0 spiro atoms. The highest BCUT2D eigenvalue weighted by Crippen LogP contribution is 2.34. The molecule has 2 rings (SSSR count). The van der Waals surface area contributed by atoms with Gasteiger partial charge in [0.2, 0.25) is 0 Å². The van der Waals surface area contributed by atoms with E-state index in [1.165, 1.54) is 11.3 Å². The normalized spacial score (nSPS) is 11.8. The minimum Gasteiger partial charge on any atom is -0.397 e. The van der Waals surface area contributed by atoms with Crippen molar-refractivity contribution in [1.29, 1.82) is 0 Å².